The molecule has 0 amide bonds. The minimum absolute atomic E-state index is 0.804. The van der Waals surface area contributed by atoms with Crippen LogP contribution in [-0.2, 0) is 6.42 Å². The van der Waals surface area contributed by atoms with Gasteiger partial charge in [0.05, 0.1) is 6.61 Å². The van der Waals surface area contributed by atoms with Gasteiger partial charge in [-0.3, -0.25) is 0 Å². The van der Waals surface area contributed by atoms with Crippen LogP contribution in [0.25, 0.3) is 11.4 Å². The van der Waals surface area contributed by atoms with Gasteiger partial charge in [0.15, 0.2) is 5.82 Å². The van der Waals surface area contributed by atoms with Crippen LogP contribution in [0.5, 0.6) is 5.75 Å². The second kappa shape index (κ2) is 15.9. The molecule has 188 valence electrons. The van der Waals surface area contributed by atoms with E-state index in [0.717, 1.165) is 48.4 Å². The minimum Gasteiger partial charge on any atom is -0.494 e. The Labute approximate surface area is 209 Å². The number of rotatable bonds is 16. The summed E-state index contributed by atoms with van der Waals surface area (Å²) in [6.45, 7) is 5.38. The summed E-state index contributed by atoms with van der Waals surface area (Å²) in [4.78, 5) is 9.31. The predicted octanol–water partition coefficient (Wildman–Crippen LogP) is 9.20. The Bertz CT molecular complexity index is 763. The first kappa shape index (κ1) is 26.7. The molecular formula is C31H48N2O. The van der Waals surface area contributed by atoms with E-state index in [1.165, 1.54) is 95.5 Å². The molecule has 0 N–H and O–H groups in total. The van der Waals surface area contributed by atoms with Crippen LogP contribution >= 0.6 is 0 Å². The molecular weight excluding hydrogens is 416 g/mol. The quantitative estimate of drug-likeness (QED) is 0.232. The summed E-state index contributed by atoms with van der Waals surface area (Å²) >= 11 is 0. The van der Waals surface area contributed by atoms with Crippen LogP contribution in [-0.4, -0.2) is 16.6 Å². The van der Waals surface area contributed by atoms with E-state index in [0.29, 0.717) is 0 Å². The summed E-state index contributed by atoms with van der Waals surface area (Å²) in [6, 6.07) is 8.24. The third-order valence-corrected chi connectivity index (χ3v) is 7.61. The lowest BCUT2D eigenvalue weighted by Gasteiger charge is -2.28. The van der Waals surface area contributed by atoms with Crippen LogP contribution in [0.1, 0.15) is 116 Å². The van der Waals surface area contributed by atoms with Gasteiger partial charge in [0.1, 0.15) is 5.75 Å². The van der Waals surface area contributed by atoms with Gasteiger partial charge in [0, 0.05) is 18.0 Å². The van der Waals surface area contributed by atoms with E-state index in [-0.39, 0.29) is 0 Å². The number of benzene rings is 1. The maximum absolute atomic E-state index is 5.92. The minimum atomic E-state index is 0.804. The fourth-order valence-corrected chi connectivity index (χ4v) is 5.25. The van der Waals surface area contributed by atoms with Crippen molar-refractivity contribution in [3.8, 4) is 17.1 Å². The van der Waals surface area contributed by atoms with E-state index in [9.17, 15) is 0 Å². The standard InChI is InChI=1S/C31H48N2O/c1-3-5-7-8-9-10-11-23-34-30-21-19-29(20-22-30)31-32-24-28(25-33-31)18-17-27-15-13-26(14-16-27)12-6-4-2/h19-22,24-27H,3-18,23H2,1-2H3. The lowest BCUT2D eigenvalue weighted by Crippen LogP contribution is -2.15. The third-order valence-electron chi connectivity index (χ3n) is 7.61. The fraction of sp³-hybridized carbons (Fsp3) is 0.677. The van der Waals surface area contributed by atoms with Gasteiger partial charge in [0.2, 0.25) is 0 Å². The lowest BCUT2D eigenvalue weighted by atomic mass is 9.78. The lowest BCUT2D eigenvalue weighted by molar-refractivity contribution is 0.250. The summed E-state index contributed by atoms with van der Waals surface area (Å²) in [5.41, 5.74) is 2.33. The molecule has 0 atom stereocenters. The van der Waals surface area contributed by atoms with Gasteiger partial charge in [-0.25, -0.2) is 9.97 Å². The van der Waals surface area contributed by atoms with Crippen LogP contribution in [0.4, 0.5) is 0 Å². The molecule has 0 aliphatic heterocycles. The highest BCUT2D eigenvalue weighted by Crippen LogP contribution is 2.34. The number of unbranched alkanes of at least 4 members (excludes halogenated alkanes) is 7. The molecule has 1 aromatic heterocycles. The zero-order chi connectivity index (χ0) is 23.8. The maximum Gasteiger partial charge on any atom is 0.159 e. The van der Waals surface area contributed by atoms with Crippen LogP contribution in [0.2, 0.25) is 0 Å². The molecule has 1 aliphatic carbocycles. The van der Waals surface area contributed by atoms with Crippen molar-refractivity contribution in [2.75, 3.05) is 6.61 Å². The van der Waals surface area contributed by atoms with Crippen molar-refractivity contribution in [2.24, 2.45) is 11.8 Å². The maximum atomic E-state index is 5.92. The van der Waals surface area contributed by atoms with E-state index < -0.39 is 0 Å². The first-order valence-corrected chi connectivity index (χ1v) is 14.3. The van der Waals surface area contributed by atoms with Gasteiger partial charge in [-0.05, 0) is 60.9 Å². The smallest absolute Gasteiger partial charge is 0.159 e. The van der Waals surface area contributed by atoms with Crippen LogP contribution in [0.15, 0.2) is 36.7 Å². The number of aryl methyl sites for hydroxylation is 1. The van der Waals surface area contributed by atoms with Gasteiger partial charge in [0.25, 0.3) is 0 Å². The summed E-state index contributed by atoms with van der Waals surface area (Å²) in [5.74, 6) is 3.64. The molecule has 0 unspecified atom stereocenters. The summed E-state index contributed by atoms with van der Waals surface area (Å²) in [7, 11) is 0. The molecule has 34 heavy (non-hydrogen) atoms. The van der Waals surface area contributed by atoms with Crippen molar-refractivity contribution in [2.45, 2.75) is 117 Å². The van der Waals surface area contributed by atoms with Crippen molar-refractivity contribution >= 4 is 0 Å². The van der Waals surface area contributed by atoms with Gasteiger partial charge >= 0.3 is 0 Å². The molecule has 1 aliphatic rings. The molecule has 1 fully saturated rings. The largest absolute Gasteiger partial charge is 0.494 e. The van der Waals surface area contributed by atoms with Gasteiger partial charge in [-0.15, -0.1) is 0 Å². The molecule has 2 aromatic rings. The van der Waals surface area contributed by atoms with Gasteiger partial charge < -0.3 is 4.74 Å². The molecule has 0 spiro atoms. The zero-order valence-electron chi connectivity index (χ0n) is 21.9. The van der Waals surface area contributed by atoms with Crippen molar-refractivity contribution in [3.05, 3.63) is 42.2 Å². The SMILES string of the molecule is CCCCCCCCCOc1ccc(-c2ncc(CCC3CCC(CCCC)CC3)cn2)cc1. The van der Waals surface area contributed by atoms with Crippen molar-refractivity contribution in [1.29, 1.82) is 0 Å². The second-order valence-corrected chi connectivity index (χ2v) is 10.5. The molecule has 1 heterocycles. The monoisotopic (exact) mass is 464 g/mol. The van der Waals surface area contributed by atoms with Crippen LogP contribution in [0.3, 0.4) is 0 Å². The van der Waals surface area contributed by atoms with E-state index in [1.807, 2.05) is 24.5 Å². The Morgan fingerprint density at radius 3 is 1.94 bits per heavy atom. The highest BCUT2D eigenvalue weighted by molar-refractivity contribution is 5.55. The summed E-state index contributed by atoms with van der Waals surface area (Å²) < 4.78 is 5.92. The fourth-order valence-electron chi connectivity index (χ4n) is 5.25. The topological polar surface area (TPSA) is 35.0 Å². The number of hydrogen-bond donors (Lipinski definition) is 0. The third kappa shape index (κ3) is 9.76. The van der Waals surface area contributed by atoms with Crippen LogP contribution in [0, 0.1) is 11.8 Å². The Morgan fingerprint density at radius 1 is 0.706 bits per heavy atom. The second-order valence-electron chi connectivity index (χ2n) is 10.5. The molecule has 3 nitrogen and oxygen atoms in total. The number of aromatic nitrogens is 2. The highest BCUT2D eigenvalue weighted by atomic mass is 16.5. The Hall–Kier alpha value is -1.90. The molecule has 3 heteroatoms. The highest BCUT2D eigenvalue weighted by Gasteiger charge is 2.20. The van der Waals surface area contributed by atoms with Crippen molar-refractivity contribution < 1.29 is 4.74 Å². The molecule has 0 bridgehead atoms. The van der Waals surface area contributed by atoms with Crippen LogP contribution < -0.4 is 4.74 Å². The normalized spacial score (nSPS) is 18.2. The molecule has 3 rings (SSSR count). The zero-order valence-corrected chi connectivity index (χ0v) is 21.9. The average Bonchev–Trinajstić information content (AvgIpc) is 2.89. The predicted molar refractivity (Wildman–Crippen MR) is 144 cm³/mol. The van der Waals surface area contributed by atoms with Crippen molar-refractivity contribution in [1.82, 2.24) is 9.97 Å². The summed E-state index contributed by atoms with van der Waals surface area (Å²) in [6.07, 6.45) is 25.5. The number of hydrogen-bond acceptors (Lipinski definition) is 3. The Balaban J connectivity index is 1.33. The first-order chi connectivity index (χ1) is 16.8. The first-order valence-electron chi connectivity index (χ1n) is 14.3. The molecule has 0 radical (unpaired) electrons. The summed E-state index contributed by atoms with van der Waals surface area (Å²) in [5, 5.41) is 0. The van der Waals surface area contributed by atoms with Gasteiger partial charge in [-0.1, -0.05) is 97.3 Å². The molecule has 0 saturated heterocycles. The Morgan fingerprint density at radius 2 is 1.29 bits per heavy atom. The number of ether oxygens (including phenoxy) is 1. The van der Waals surface area contributed by atoms with E-state index in [1.54, 1.807) is 0 Å². The average molecular weight is 465 g/mol. The van der Waals surface area contributed by atoms with E-state index in [2.05, 4.69) is 35.9 Å². The Kier molecular flexibility index (Phi) is 12.5. The van der Waals surface area contributed by atoms with Crippen molar-refractivity contribution in [3.63, 3.8) is 0 Å². The van der Waals surface area contributed by atoms with E-state index >= 15 is 0 Å². The molecule has 1 aromatic carbocycles. The number of nitrogens with zero attached hydrogens (tertiary/aromatic N) is 2. The molecule has 1 saturated carbocycles. The van der Waals surface area contributed by atoms with E-state index in [4.69, 9.17) is 4.74 Å². The van der Waals surface area contributed by atoms with Gasteiger partial charge in [-0.2, -0.15) is 0 Å².